The van der Waals surface area contributed by atoms with E-state index in [-0.39, 0.29) is 5.56 Å². The number of nitrogens with one attached hydrogen (secondary N) is 1. The number of nitrogen functional groups attached to an aromatic ring is 1. The molecule has 1 aromatic carbocycles. The SMILES string of the molecule is CNc1nn(Cc2cccc(C)c2)c(N)c1C(=O)OC. The second kappa shape index (κ2) is 5.64. The van der Waals surface area contributed by atoms with Crippen molar-refractivity contribution in [1.82, 2.24) is 9.78 Å². The smallest absolute Gasteiger partial charge is 0.345 e. The molecule has 2 rings (SSSR count). The molecule has 2 aromatic rings. The van der Waals surface area contributed by atoms with Crippen molar-refractivity contribution in [2.45, 2.75) is 13.5 Å². The molecule has 106 valence electrons. The minimum absolute atomic E-state index is 0.266. The molecule has 0 fully saturated rings. The Kier molecular flexibility index (Phi) is 3.93. The molecule has 0 aliphatic rings. The highest BCUT2D eigenvalue weighted by atomic mass is 16.5. The fraction of sp³-hybridized carbons (Fsp3) is 0.286. The van der Waals surface area contributed by atoms with Gasteiger partial charge in [-0.3, -0.25) is 0 Å². The number of methoxy groups -OCH3 is 1. The topological polar surface area (TPSA) is 82.2 Å². The number of esters is 1. The van der Waals surface area contributed by atoms with E-state index in [0.717, 1.165) is 11.1 Å². The zero-order chi connectivity index (χ0) is 14.7. The molecule has 0 unspecified atom stereocenters. The van der Waals surface area contributed by atoms with Crippen LogP contribution in [0.4, 0.5) is 11.6 Å². The first-order valence-electron chi connectivity index (χ1n) is 6.24. The van der Waals surface area contributed by atoms with Gasteiger partial charge in [0.05, 0.1) is 13.7 Å². The fourth-order valence-electron chi connectivity index (χ4n) is 2.06. The van der Waals surface area contributed by atoms with Gasteiger partial charge < -0.3 is 15.8 Å². The molecule has 0 spiro atoms. The highest BCUT2D eigenvalue weighted by molar-refractivity contribution is 5.99. The van der Waals surface area contributed by atoms with E-state index in [1.807, 2.05) is 25.1 Å². The van der Waals surface area contributed by atoms with Crippen LogP contribution in [-0.2, 0) is 11.3 Å². The number of nitrogens with two attached hydrogens (primary N) is 1. The highest BCUT2D eigenvalue weighted by Crippen LogP contribution is 2.23. The normalized spacial score (nSPS) is 10.3. The van der Waals surface area contributed by atoms with Gasteiger partial charge in [0.1, 0.15) is 11.4 Å². The van der Waals surface area contributed by atoms with Gasteiger partial charge in [-0.05, 0) is 12.5 Å². The Bertz CT molecular complexity index is 634. The van der Waals surface area contributed by atoms with Crippen molar-refractivity contribution in [2.24, 2.45) is 0 Å². The van der Waals surface area contributed by atoms with Gasteiger partial charge in [-0.1, -0.05) is 29.8 Å². The number of carbonyl (C=O) groups excluding carboxylic acids is 1. The third-order valence-corrected chi connectivity index (χ3v) is 3.03. The van der Waals surface area contributed by atoms with Gasteiger partial charge in [0.15, 0.2) is 5.82 Å². The number of anilines is 2. The minimum atomic E-state index is -0.498. The Labute approximate surface area is 117 Å². The molecule has 0 bridgehead atoms. The van der Waals surface area contributed by atoms with E-state index in [1.165, 1.54) is 7.11 Å². The van der Waals surface area contributed by atoms with Crippen molar-refractivity contribution in [2.75, 3.05) is 25.2 Å². The predicted octanol–water partition coefficient (Wildman–Crippen LogP) is 1.65. The molecule has 0 atom stereocenters. The molecular weight excluding hydrogens is 256 g/mol. The second-order valence-corrected chi connectivity index (χ2v) is 4.50. The monoisotopic (exact) mass is 274 g/mol. The molecule has 6 heteroatoms. The first kappa shape index (κ1) is 13.9. The van der Waals surface area contributed by atoms with Crippen LogP contribution in [0.2, 0.25) is 0 Å². The molecule has 1 heterocycles. The van der Waals surface area contributed by atoms with Crippen LogP contribution in [0.5, 0.6) is 0 Å². The molecule has 0 saturated carbocycles. The van der Waals surface area contributed by atoms with E-state index in [9.17, 15) is 4.79 Å². The Balaban J connectivity index is 2.38. The number of ether oxygens (including phenoxy) is 1. The Morgan fingerprint density at radius 2 is 2.25 bits per heavy atom. The summed E-state index contributed by atoms with van der Waals surface area (Å²) >= 11 is 0. The van der Waals surface area contributed by atoms with Crippen LogP contribution < -0.4 is 11.1 Å². The lowest BCUT2D eigenvalue weighted by molar-refractivity contribution is 0.0603. The van der Waals surface area contributed by atoms with E-state index in [0.29, 0.717) is 18.2 Å². The lowest BCUT2D eigenvalue weighted by Crippen LogP contribution is -2.09. The Morgan fingerprint density at radius 1 is 1.50 bits per heavy atom. The van der Waals surface area contributed by atoms with E-state index in [1.54, 1.807) is 11.7 Å². The molecule has 6 nitrogen and oxygen atoms in total. The van der Waals surface area contributed by atoms with E-state index in [2.05, 4.69) is 16.5 Å². The number of carbonyl (C=O) groups is 1. The van der Waals surface area contributed by atoms with Gasteiger partial charge in [-0.25, -0.2) is 9.48 Å². The van der Waals surface area contributed by atoms with Crippen LogP contribution in [-0.4, -0.2) is 29.9 Å². The van der Waals surface area contributed by atoms with Gasteiger partial charge >= 0.3 is 5.97 Å². The van der Waals surface area contributed by atoms with Crippen molar-refractivity contribution < 1.29 is 9.53 Å². The van der Waals surface area contributed by atoms with Crippen LogP contribution in [0.15, 0.2) is 24.3 Å². The second-order valence-electron chi connectivity index (χ2n) is 4.50. The maximum Gasteiger partial charge on any atom is 0.345 e. The quantitative estimate of drug-likeness (QED) is 0.828. The number of aromatic nitrogens is 2. The maximum atomic E-state index is 11.7. The predicted molar refractivity (Wildman–Crippen MR) is 77.8 cm³/mol. The third-order valence-electron chi connectivity index (χ3n) is 3.03. The molecule has 0 amide bonds. The van der Waals surface area contributed by atoms with Crippen LogP contribution in [0.3, 0.4) is 0 Å². The van der Waals surface area contributed by atoms with Crippen molar-refractivity contribution in [3.63, 3.8) is 0 Å². The van der Waals surface area contributed by atoms with Gasteiger partial charge in [0.25, 0.3) is 0 Å². The average Bonchev–Trinajstić information content (AvgIpc) is 2.74. The summed E-state index contributed by atoms with van der Waals surface area (Å²) in [5.41, 5.74) is 8.50. The first-order chi connectivity index (χ1) is 9.56. The fourth-order valence-corrected chi connectivity index (χ4v) is 2.06. The van der Waals surface area contributed by atoms with Crippen LogP contribution in [0.25, 0.3) is 0 Å². The molecule has 0 aliphatic heterocycles. The van der Waals surface area contributed by atoms with E-state index < -0.39 is 5.97 Å². The number of hydrogen-bond donors (Lipinski definition) is 2. The zero-order valence-electron chi connectivity index (χ0n) is 11.8. The van der Waals surface area contributed by atoms with Crippen molar-refractivity contribution in [3.05, 3.63) is 41.0 Å². The van der Waals surface area contributed by atoms with E-state index >= 15 is 0 Å². The van der Waals surface area contributed by atoms with Gasteiger partial charge in [0.2, 0.25) is 0 Å². The number of rotatable bonds is 4. The van der Waals surface area contributed by atoms with Gasteiger partial charge in [-0.15, -0.1) is 0 Å². The van der Waals surface area contributed by atoms with Crippen LogP contribution in [0.1, 0.15) is 21.5 Å². The third kappa shape index (κ3) is 2.59. The highest BCUT2D eigenvalue weighted by Gasteiger charge is 2.22. The Morgan fingerprint density at radius 3 is 2.85 bits per heavy atom. The number of benzene rings is 1. The molecule has 0 radical (unpaired) electrons. The average molecular weight is 274 g/mol. The molecule has 1 aromatic heterocycles. The summed E-state index contributed by atoms with van der Waals surface area (Å²) in [6.45, 7) is 2.52. The molecule has 20 heavy (non-hydrogen) atoms. The minimum Gasteiger partial charge on any atom is -0.465 e. The number of aryl methyl sites for hydroxylation is 1. The van der Waals surface area contributed by atoms with Crippen molar-refractivity contribution in [3.8, 4) is 0 Å². The van der Waals surface area contributed by atoms with E-state index in [4.69, 9.17) is 10.5 Å². The summed E-state index contributed by atoms with van der Waals surface area (Å²) in [4.78, 5) is 11.7. The summed E-state index contributed by atoms with van der Waals surface area (Å²) in [6, 6.07) is 8.04. The summed E-state index contributed by atoms with van der Waals surface area (Å²) in [5.74, 6) is 0.215. The largest absolute Gasteiger partial charge is 0.465 e. The van der Waals surface area contributed by atoms with Gasteiger partial charge in [0, 0.05) is 7.05 Å². The summed E-state index contributed by atoms with van der Waals surface area (Å²) < 4.78 is 6.32. The maximum absolute atomic E-state index is 11.7. The molecular formula is C14H18N4O2. The lowest BCUT2D eigenvalue weighted by Gasteiger charge is -2.05. The van der Waals surface area contributed by atoms with Crippen molar-refractivity contribution >= 4 is 17.6 Å². The Hall–Kier alpha value is -2.50. The summed E-state index contributed by atoms with van der Waals surface area (Å²) in [7, 11) is 3.00. The number of hydrogen-bond acceptors (Lipinski definition) is 5. The molecule has 0 saturated heterocycles. The van der Waals surface area contributed by atoms with Crippen LogP contribution >= 0.6 is 0 Å². The molecule has 3 N–H and O–H groups in total. The van der Waals surface area contributed by atoms with Gasteiger partial charge in [-0.2, -0.15) is 5.10 Å². The lowest BCUT2D eigenvalue weighted by atomic mass is 10.1. The summed E-state index contributed by atoms with van der Waals surface area (Å²) in [6.07, 6.45) is 0. The zero-order valence-corrected chi connectivity index (χ0v) is 11.8. The first-order valence-corrected chi connectivity index (χ1v) is 6.24. The van der Waals surface area contributed by atoms with Crippen molar-refractivity contribution in [1.29, 1.82) is 0 Å². The summed E-state index contributed by atoms with van der Waals surface area (Å²) in [5, 5.41) is 7.16. The standard InChI is InChI=1S/C14H18N4O2/c1-9-5-4-6-10(7-9)8-18-12(15)11(14(19)20-3)13(16-2)17-18/h4-7H,8,15H2,1-3H3,(H,16,17). The molecule has 0 aliphatic carbocycles. The van der Waals surface area contributed by atoms with Crippen LogP contribution in [0, 0.1) is 6.92 Å². The number of nitrogens with zero attached hydrogens (tertiary/aromatic N) is 2.